The molecule has 9 heteroatoms. The van der Waals surface area contributed by atoms with Gasteiger partial charge >= 0.3 is 12.4 Å². The van der Waals surface area contributed by atoms with Gasteiger partial charge in [-0.2, -0.15) is 31.4 Å². The molecule has 0 aromatic heterocycles. The highest BCUT2D eigenvalue weighted by Crippen LogP contribution is 2.37. The molecule has 0 unspecified atom stereocenters. The molecule has 1 heterocycles. The van der Waals surface area contributed by atoms with Gasteiger partial charge < -0.3 is 4.74 Å². The first-order chi connectivity index (χ1) is 13.5. The van der Waals surface area contributed by atoms with Crippen LogP contribution in [0, 0.1) is 0 Å². The van der Waals surface area contributed by atoms with Crippen LogP contribution in [-0.2, 0) is 28.5 Å². The van der Waals surface area contributed by atoms with E-state index in [0.29, 0.717) is 25.3 Å². The number of ether oxygens (including phenoxy) is 1. The zero-order valence-corrected chi connectivity index (χ0v) is 15.4. The molecule has 2 atom stereocenters. The fourth-order valence-corrected chi connectivity index (χ4v) is 3.11. The first-order valence-electron chi connectivity index (χ1n) is 8.88. The lowest BCUT2D eigenvalue weighted by Gasteiger charge is -2.37. The smallest absolute Gasteiger partial charge is 0.375 e. The SMILES string of the molecule is C[C@@H]1CN(OCc2cc(C(F)(F)F)cc(C(F)(F)F)c2)[C@H](c2ccccc2)CO1. The third-order valence-electron chi connectivity index (χ3n) is 4.55. The van der Waals surface area contributed by atoms with Crippen LogP contribution in [0.5, 0.6) is 0 Å². The minimum absolute atomic E-state index is 0.104. The summed E-state index contributed by atoms with van der Waals surface area (Å²) in [7, 11) is 0. The predicted octanol–water partition coefficient (Wildman–Crippen LogP) is 5.62. The molecule has 0 saturated carbocycles. The molecule has 29 heavy (non-hydrogen) atoms. The third-order valence-corrected chi connectivity index (χ3v) is 4.55. The summed E-state index contributed by atoms with van der Waals surface area (Å²) < 4.78 is 83.8. The van der Waals surface area contributed by atoms with Gasteiger partial charge in [0.15, 0.2) is 0 Å². The summed E-state index contributed by atoms with van der Waals surface area (Å²) in [5.41, 5.74) is -2.06. The Morgan fingerprint density at radius 3 is 2.10 bits per heavy atom. The van der Waals surface area contributed by atoms with Crippen LogP contribution in [0.3, 0.4) is 0 Å². The van der Waals surface area contributed by atoms with Gasteiger partial charge in [0, 0.05) is 0 Å². The molecule has 0 spiro atoms. The maximum Gasteiger partial charge on any atom is 0.416 e. The molecule has 2 aromatic rings. The zero-order valence-electron chi connectivity index (χ0n) is 15.4. The number of hydrogen-bond donors (Lipinski definition) is 0. The van der Waals surface area contributed by atoms with Gasteiger partial charge in [-0.05, 0) is 36.2 Å². The molecule has 1 fully saturated rings. The Labute approximate surface area is 163 Å². The fraction of sp³-hybridized carbons (Fsp3) is 0.400. The second-order valence-electron chi connectivity index (χ2n) is 6.86. The molecule has 158 valence electrons. The van der Waals surface area contributed by atoms with E-state index in [1.165, 1.54) is 0 Å². The highest BCUT2D eigenvalue weighted by atomic mass is 19.4. The average molecular weight is 419 g/mol. The van der Waals surface area contributed by atoms with E-state index in [0.717, 1.165) is 5.56 Å². The maximum absolute atomic E-state index is 13.0. The lowest BCUT2D eigenvalue weighted by molar-refractivity contribution is -0.249. The number of morpholine rings is 1. The number of nitrogens with zero attached hydrogens (tertiary/aromatic N) is 1. The van der Waals surface area contributed by atoms with E-state index < -0.39 is 30.1 Å². The molecule has 0 bridgehead atoms. The average Bonchev–Trinajstić information content (AvgIpc) is 2.65. The van der Waals surface area contributed by atoms with Crippen molar-refractivity contribution in [2.75, 3.05) is 13.2 Å². The normalized spacial score (nSPS) is 21.3. The minimum Gasteiger partial charge on any atom is -0.375 e. The van der Waals surface area contributed by atoms with Gasteiger partial charge in [0.1, 0.15) is 0 Å². The van der Waals surface area contributed by atoms with E-state index in [2.05, 4.69) is 0 Å². The molecule has 3 rings (SSSR count). The summed E-state index contributed by atoms with van der Waals surface area (Å²) in [5, 5.41) is 1.55. The van der Waals surface area contributed by atoms with Crippen LogP contribution in [0.4, 0.5) is 26.3 Å². The van der Waals surface area contributed by atoms with Crippen LogP contribution in [0.25, 0.3) is 0 Å². The van der Waals surface area contributed by atoms with Gasteiger partial charge in [-0.25, -0.2) is 0 Å². The maximum atomic E-state index is 13.0. The molecular weight excluding hydrogens is 400 g/mol. The van der Waals surface area contributed by atoms with Crippen LogP contribution in [0.1, 0.15) is 35.2 Å². The highest BCUT2D eigenvalue weighted by Gasteiger charge is 2.37. The van der Waals surface area contributed by atoms with E-state index >= 15 is 0 Å². The van der Waals surface area contributed by atoms with Crippen molar-refractivity contribution in [3.8, 4) is 0 Å². The van der Waals surface area contributed by atoms with E-state index in [1.54, 1.807) is 5.06 Å². The topological polar surface area (TPSA) is 21.7 Å². The quantitative estimate of drug-likeness (QED) is 0.601. The molecule has 1 aliphatic rings. The summed E-state index contributed by atoms with van der Waals surface area (Å²) >= 11 is 0. The number of hydroxylamine groups is 2. The Balaban J connectivity index is 1.83. The highest BCUT2D eigenvalue weighted by molar-refractivity contribution is 5.33. The Kier molecular flexibility index (Phi) is 6.21. The number of alkyl halides is 6. The van der Waals surface area contributed by atoms with Crippen LogP contribution >= 0.6 is 0 Å². The molecule has 0 radical (unpaired) electrons. The van der Waals surface area contributed by atoms with Gasteiger partial charge in [0.05, 0.1) is 43.0 Å². The zero-order chi connectivity index (χ0) is 21.2. The molecule has 0 amide bonds. The van der Waals surface area contributed by atoms with Gasteiger partial charge in [-0.3, -0.25) is 4.84 Å². The first-order valence-corrected chi connectivity index (χ1v) is 8.88. The van der Waals surface area contributed by atoms with Crippen molar-refractivity contribution in [3.63, 3.8) is 0 Å². The third kappa shape index (κ3) is 5.49. The molecule has 0 aliphatic carbocycles. The van der Waals surface area contributed by atoms with Gasteiger partial charge in [-0.1, -0.05) is 30.3 Å². The Hall–Kier alpha value is -2.10. The summed E-state index contributed by atoms with van der Waals surface area (Å²) in [6, 6.07) is 10.3. The number of hydrogen-bond acceptors (Lipinski definition) is 3. The summed E-state index contributed by atoms with van der Waals surface area (Å²) in [6.45, 7) is 2.00. The second-order valence-corrected chi connectivity index (χ2v) is 6.86. The monoisotopic (exact) mass is 419 g/mol. The van der Waals surface area contributed by atoms with Crippen molar-refractivity contribution >= 4 is 0 Å². The number of rotatable bonds is 4. The number of halogens is 6. The largest absolute Gasteiger partial charge is 0.416 e. The van der Waals surface area contributed by atoms with E-state index in [9.17, 15) is 26.3 Å². The van der Waals surface area contributed by atoms with Crippen molar-refractivity contribution < 1.29 is 35.9 Å². The first kappa shape index (κ1) is 21.6. The van der Waals surface area contributed by atoms with Crippen molar-refractivity contribution in [1.82, 2.24) is 5.06 Å². The predicted molar refractivity (Wildman–Crippen MR) is 92.5 cm³/mol. The van der Waals surface area contributed by atoms with Crippen molar-refractivity contribution in [1.29, 1.82) is 0 Å². The van der Waals surface area contributed by atoms with Crippen LogP contribution in [0.2, 0.25) is 0 Å². The Morgan fingerprint density at radius 1 is 0.966 bits per heavy atom. The Morgan fingerprint density at radius 2 is 1.55 bits per heavy atom. The minimum atomic E-state index is -4.89. The number of benzene rings is 2. The lowest BCUT2D eigenvalue weighted by atomic mass is 10.0. The van der Waals surface area contributed by atoms with Gasteiger partial charge in [-0.15, -0.1) is 0 Å². The summed E-state index contributed by atoms with van der Waals surface area (Å²) in [6.07, 6.45) is -9.98. The standard InChI is InChI=1S/C20H19F6NO2/c1-13-10-27(18(12-28-13)15-5-3-2-4-6-15)29-11-14-7-16(19(21,22)23)9-17(8-14)20(24,25)26/h2-9,13,18H,10-12H2,1H3/t13-,18+/m1/s1. The second kappa shape index (κ2) is 8.33. The summed E-state index contributed by atoms with van der Waals surface area (Å²) in [5.74, 6) is 0. The van der Waals surface area contributed by atoms with Crippen molar-refractivity contribution in [2.24, 2.45) is 0 Å². The molecule has 1 saturated heterocycles. The van der Waals surface area contributed by atoms with E-state index in [-0.39, 0.29) is 23.8 Å². The van der Waals surface area contributed by atoms with Crippen molar-refractivity contribution in [2.45, 2.75) is 38.0 Å². The molecule has 2 aromatic carbocycles. The molecule has 1 aliphatic heterocycles. The van der Waals surface area contributed by atoms with Gasteiger partial charge in [0.2, 0.25) is 0 Å². The lowest BCUT2D eigenvalue weighted by Crippen LogP contribution is -2.43. The van der Waals surface area contributed by atoms with Gasteiger partial charge in [0.25, 0.3) is 0 Å². The van der Waals surface area contributed by atoms with E-state index in [1.807, 2.05) is 37.3 Å². The molecular formula is C20H19F6NO2. The van der Waals surface area contributed by atoms with Crippen LogP contribution < -0.4 is 0 Å². The van der Waals surface area contributed by atoms with Crippen LogP contribution in [-0.4, -0.2) is 24.3 Å². The molecule has 0 N–H and O–H groups in total. The van der Waals surface area contributed by atoms with E-state index in [4.69, 9.17) is 9.57 Å². The Bertz CT molecular complexity index is 790. The van der Waals surface area contributed by atoms with Crippen molar-refractivity contribution in [3.05, 3.63) is 70.8 Å². The molecule has 3 nitrogen and oxygen atoms in total. The van der Waals surface area contributed by atoms with Crippen LogP contribution in [0.15, 0.2) is 48.5 Å². The fourth-order valence-electron chi connectivity index (χ4n) is 3.11. The summed E-state index contributed by atoms with van der Waals surface area (Å²) in [4.78, 5) is 5.66.